The van der Waals surface area contributed by atoms with Crippen molar-refractivity contribution in [1.29, 1.82) is 0 Å². The number of piperidine rings is 1. The first-order valence-corrected chi connectivity index (χ1v) is 7.14. The van der Waals surface area contributed by atoms with E-state index in [4.69, 9.17) is 5.73 Å². The topological polar surface area (TPSA) is 42.1 Å². The van der Waals surface area contributed by atoms with E-state index in [2.05, 4.69) is 34.1 Å². The third-order valence-corrected chi connectivity index (χ3v) is 4.13. The van der Waals surface area contributed by atoms with Crippen LogP contribution in [0.25, 0.3) is 10.9 Å². The molecule has 3 nitrogen and oxygen atoms in total. The van der Waals surface area contributed by atoms with Crippen LogP contribution in [0.4, 0.5) is 0 Å². The smallest absolute Gasteiger partial charge is 0.0702 e. The summed E-state index contributed by atoms with van der Waals surface area (Å²) in [6, 6.07) is 10.9. The van der Waals surface area contributed by atoms with Crippen LogP contribution < -0.4 is 5.73 Å². The van der Waals surface area contributed by atoms with Gasteiger partial charge in [0.05, 0.1) is 5.52 Å². The molecule has 0 spiro atoms. The maximum atomic E-state index is 5.62. The maximum Gasteiger partial charge on any atom is 0.0702 e. The fraction of sp³-hybridized carbons (Fsp3) is 0.438. The highest BCUT2D eigenvalue weighted by Crippen LogP contribution is 2.29. The lowest BCUT2D eigenvalue weighted by molar-refractivity contribution is 0.218. The lowest BCUT2D eigenvalue weighted by atomic mass is 9.89. The molecule has 0 radical (unpaired) electrons. The van der Waals surface area contributed by atoms with Crippen LogP contribution in [0.15, 0.2) is 36.5 Å². The number of pyridine rings is 1. The Hall–Kier alpha value is -1.45. The number of rotatable bonds is 3. The van der Waals surface area contributed by atoms with Crippen LogP contribution in [0.5, 0.6) is 0 Å². The SMILES string of the molecule is NCCN1CCC(c2ccc3ncccc3c2)CC1. The summed E-state index contributed by atoms with van der Waals surface area (Å²) in [6.45, 7) is 4.15. The molecule has 2 aromatic rings. The molecule has 3 heteroatoms. The van der Waals surface area contributed by atoms with Crippen LogP contribution in [0, 0.1) is 0 Å². The lowest BCUT2D eigenvalue weighted by Gasteiger charge is -2.31. The Labute approximate surface area is 114 Å². The van der Waals surface area contributed by atoms with E-state index in [1.807, 2.05) is 12.3 Å². The van der Waals surface area contributed by atoms with E-state index in [-0.39, 0.29) is 0 Å². The molecule has 2 heterocycles. The Morgan fingerprint density at radius 2 is 2.05 bits per heavy atom. The molecule has 2 N–H and O–H groups in total. The minimum Gasteiger partial charge on any atom is -0.329 e. The largest absolute Gasteiger partial charge is 0.329 e. The first-order valence-electron chi connectivity index (χ1n) is 7.14. The molecule has 1 fully saturated rings. The molecule has 19 heavy (non-hydrogen) atoms. The summed E-state index contributed by atoms with van der Waals surface area (Å²) >= 11 is 0. The van der Waals surface area contributed by atoms with E-state index >= 15 is 0 Å². The number of hydrogen-bond acceptors (Lipinski definition) is 3. The van der Waals surface area contributed by atoms with Crippen LogP contribution >= 0.6 is 0 Å². The summed E-state index contributed by atoms with van der Waals surface area (Å²) in [4.78, 5) is 6.85. The predicted octanol–water partition coefficient (Wildman–Crippen LogP) is 2.37. The fourth-order valence-corrected chi connectivity index (χ4v) is 3.02. The summed E-state index contributed by atoms with van der Waals surface area (Å²) in [6.07, 6.45) is 4.34. The van der Waals surface area contributed by atoms with Crippen LogP contribution in [0.3, 0.4) is 0 Å². The molecular weight excluding hydrogens is 234 g/mol. The Balaban J connectivity index is 1.74. The summed E-state index contributed by atoms with van der Waals surface area (Å²) < 4.78 is 0. The number of fused-ring (bicyclic) bond motifs is 1. The minimum absolute atomic E-state index is 0.693. The van der Waals surface area contributed by atoms with E-state index in [0.717, 1.165) is 18.6 Å². The number of aromatic nitrogens is 1. The van der Waals surface area contributed by atoms with Gasteiger partial charge in [0, 0.05) is 24.7 Å². The highest BCUT2D eigenvalue weighted by Gasteiger charge is 2.20. The van der Waals surface area contributed by atoms with Gasteiger partial charge in [-0.2, -0.15) is 0 Å². The second-order valence-corrected chi connectivity index (χ2v) is 5.36. The second-order valence-electron chi connectivity index (χ2n) is 5.36. The molecule has 3 rings (SSSR count). The average Bonchev–Trinajstić information content (AvgIpc) is 2.48. The number of nitrogens with two attached hydrogens (primary N) is 1. The van der Waals surface area contributed by atoms with Crippen LogP contribution in [-0.2, 0) is 0 Å². The van der Waals surface area contributed by atoms with Crippen LogP contribution in [0.1, 0.15) is 24.3 Å². The highest BCUT2D eigenvalue weighted by atomic mass is 15.1. The van der Waals surface area contributed by atoms with Crippen molar-refractivity contribution >= 4 is 10.9 Å². The minimum atomic E-state index is 0.693. The van der Waals surface area contributed by atoms with Crippen molar-refractivity contribution in [2.45, 2.75) is 18.8 Å². The number of benzene rings is 1. The Morgan fingerprint density at radius 1 is 1.21 bits per heavy atom. The molecule has 0 aliphatic carbocycles. The van der Waals surface area contributed by atoms with Gasteiger partial charge in [-0.3, -0.25) is 4.98 Å². The molecule has 1 aliphatic heterocycles. The molecule has 1 aromatic carbocycles. The Kier molecular flexibility index (Phi) is 3.76. The third-order valence-electron chi connectivity index (χ3n) is 4.13. The van der Waals surface area contributed by atoms with Crippen molar-refractivity contribution in [3.8, 4) is 0 Å². The van der Waals surface area contributed by atoms with E-state index in [1.54, 1.807) is 0 Å². The summed E-state index contributed by atoms with van der Waals surface area (Å²) in [7, 11) is 0. The average molecular weight is 255 g/mol. The monoisotopic (exact) mass is 255 g/mol. The first kappa shape index (κ1) is 12.6. The van der Waals surface area contributed by atoms with Gasteiger partial charge in [0.1, 0.15) is 0 Å². The maximum absolute atomic E-state index is 5.62. The van der Waals surface area contributed by atoms with Crippen molar-refractivity contribution in [3.05, 3.63) is 42.1 Å². The van der Waals surface area contributed by atoms with Gasteiger partial charge in [0.25, 0.3) is 0 Å². The number of likely N-dealkylation sites (tertiary alicyclic amines) is 1. The van der Waals surface area contributed by atoms with E-state index in [1.165, 1.54) is 36.9 Å². The fourth-order valence-electron chi connectivity index (χ4n) is 3.02. The molecule has 0 unspecified atom stereocenters. The van der Waals surface area contributed by atoms with Crippen LogP contribution in [0.2, 0.25) is 0 Å². The molecule has 0 bridgehead atoms. The molecule has 0 amide bonds. The summed E-state index contributed by atoms with van der Waals surface area (Å²) in [5.41, 5.74) is 8.17. The van der Waals surface area contributed by atoms with Gasteiger partial charge in [-0.25, -0.2) is 0 Å². The molecule has 0 atom stereocenters. The quantitative estimate of drug-likeness (QED) is 0.915. The number of nitrogens with zero attached hydrogens (tertiary/aromatic N) is 2. The van der Waals surface area contributed by atoms with E-state index in [9.17, 15) is 0 Å². The Bertz CT molecular complexity index is 544. The van der Waals surface area contributed by atoms with Crippen molar-refractivity contribution in [3.63, 3.8) is 0 Å². The van der Waals surface area contributed by atoms with Gasteiger partial charge in [-0.15, -0.1) is 0 Å². The standard InChI is InChI=1S/C16H21N3/c17-7-11-19-9-5-13(6-10-19)14-3-4-16-15(12-14)2-1-8-18-16/h1-4,8,12-13H,5-7,9-11,17H2. The zero-order chi connectivity index (χ0) is 13.1. The number of hydrogen-bond donors (Lipinski definition) is 1. The van der Waals surface area contributed by atoms with Crippen molar-refractivity contribution in [1.82, 2.24) is 9.88 Å². The van der Waals surface area contributed by atoms with Crippen LogP contribution in [-0.4, -0.2) is 36.1 Å². The Morgan fingerprint density at radius 3 is 2.84 bits per heavy atom. The van der Waals surface area contributed by atoms with Gasteiger partial charge in [0.2, 0.25) is 0 Å². The molecule has 1 saturated heterocycles. The highest BCUT2D eigenvalue weighted by molar-refractivity contribution is 5.79. The van der Waals surface area contributed by atoms with E-state index < -0.39 is 0 Å². The molecule has 1 aliphatic rings. The molecule has 1 aromatic heterocycles. The predicted molar refractivity (Wildman–Crippen MR) is 79.2 cm³/mol. The second kappa shape index (κ2) is 5.68. The normalized spacial score (nSPS) is 17.9. The van der Waals surface area contributed by atoms with E-state index in [0.29, 0.717) is 5.92 Å². The summed E-state index contributed by atoms with van der Waals surface area (Å²) in [5.74, 6) is 0.693. The summed E-state index contributed by atoms with van der Waals surface area (Å²) in [5, 5.41) is 1.25. The third kappa shape index (κ3) is 2.77. The first-order chi connectivity index (χ1) is 9.36. The molecule has 0 saturated carbocycles. The molecular formula is C16H21N3. The zero-order valence-electron chi connectivity index (χ0n) is 11.3. The van der Waals surface area contributed by atoms with Crippen molar-refractivity contribution < 1.29 is 0 Å². The molecule has 100 valence electrons. The van der Waals surface area contributed by atoms with Gasteiger partial charge in [-0.1, -0.05) is 12.1 Å². The van der Waals surface area contributed by atoms with Gasteiger partial charge >= 0.3 is 0 Å². The zero-order valence-corrected chi connectivity index (χ0v) is 11.3. The van der Waals surface area contributed by atoms with Gasteiger partial charge in [-0.05, 0) is 55.6 Å². The van der Waals surface area contributed by atoms with Crippen molar-refractivity contribution in [2.24, 2.45) is 5.73 Å². The van der Waals surface area contributed by atoms with Crippen molar-refractivity contribution in [2.75, 3.05) is 26.2 Å². The van der Waals surface area contributed by atoms with Gasteiger partial charge < -0.3 is 10.6 Å². The van der Waals surface area contributed by atoms with Gasteiger partial charge in [0.15, 0.2) is 0 Å². The lowest BCUT2D eigenvalue weighted by Crippen LogP contribution is -2.36.